The smallest absolute Gasteiger partial charge is 0.164 e. The first-order chi connectivity index (χ1) is 26.2. The molecule has 0 fully saturated rings. The summed E-state index contributed by atoms with van der Waals surface area (Å²) in [6.07, 6.45) is 0. The van der Waals surface area contributed by atoms with Crippen molar-refractivity contribution >= 4 is 64.9 Å². The van der Waals surface area contributed by atoms with Crippen LogP contribution in [-0.2, 0) is 0 Å². The van der Waals surface area contributed by atoms with Crippen molar-refractivity contribution in [2.24, 2.45) is 0 Å². The Kier molecular flexibility index (Phi) is 6.52. The standard InChI is InChI=1S/C49H30N4/c1-2-12-32(13-3-1)47-50-48(52-49(51-47)37-23-24-40-35(27-37)22-26-41-39-18-7-6-11-31(39)21-25-42(40)41)36-16-10-17-38(28-36)53-45-20-9-8-19-43(45)44-29-33-14-4-5-15-34(33)30-46(44)53/h1-30H. The molecule has 0 N–H and O–H groups in total. The van der Waals surface area contributed by atoms with E-state index in [1.165, 1.54) is 54.0 Å². The Bertz CT molecular complexity index is 3230. The SMILES string of the molecule is c1ccc(-c2nc(-c3cccc(-n4c5ccccc5c5cc6ccccc6cc54)c3)nc(-c3ccc4c(ccc5c6ccccc6ccc45)c3)n2)cc1. The van der Waals surface area contributed by atoms with E-state index in [4.69, 9.17) is 15.0 Å². The van der Waals surface area contributed by atoms with Crippen LogP contribution in [0.2, 0.25) is 0 Å². The van der Waals surface area contributed by atoms with Gasteiger partial charge in [0, 0.05) is 33.2 Å². The van der Waals surface area contributed by atoms with Gasteiger partial charge in [0.25, 0.3) is 0 Å². The van der Waals surface area contributed by atoms with Crippen molar-refractivity contribution in [2.75, 3.05) is 0 Å². The molecule has 2 aromatic heterocycles. The van der Waals surface area contributed by atoms with E-state index in [9.17, 15) is 0 Å². The van der Waals surface area contributed by atoms with Crippen molar-refractivity contribution in [2.45, 2.75) is 0 Å². The predicted octanol–water partition coefficient (Wildman–Crippen LogP) is 12.6. The fourth-order valence-electron chi connectivity index (χ4n) is 8.04. The number of para-hydroxylation sites is 1. The Morgan fingerprint density at radius 3 is 1.64 bits per heavy atom. The highest BCUT2D eigenvalue weighted by Crippen LogP contribution is 2.37. The van der Waals surface area contributed by atoms with Gasteiger partial charge in [-0.15, -0.1) is 0 Å². The molecule has 0 bridgehead atoms. The third kappa shape index (κ3) is 4.80. The maximum atomic E-state index is 5.17. The molecule has 0 saturated heterocycles. The molecular weight excluding hydrogens is 645 g/mol. The van der Waals surface area contributed by atoms with Crippen molar-refractivity contribution in [3.8, 4) is 39.9 Å². The molecule has 9 aromatic carbocycles. The predicted molar refractivity (Wildman–Crippen MR) is 220 cm³/mol. The molecule has 0 aliphatic heterocycles. The van der Waals surface area contributed by atoms with Crippen molar-refractivity contribution in [1.29, 1.82) is 0 Å². The van der Waals surface area contributed by atoms with Gasteiger partial charge in [0.15, 0.2) is 17.5 Å². The molecule has 11 aromatic rings. The average Bonchev–Trinajstić information content (AvgIpc) is 3.55. The third-order valence-corrected chi connectivity index (χ3v) is 10.6. The number of fused-ring (bicyclic) bond motifs is 9. The molecular formula is C49H30N4. The van der Waals surface area contributed by atoms with Crippen LogP contribution in [0.3, 0.4) is 0 Å². The molecule has 0 aliphatic carbocycles. The first-order valence-electron chi connectivity index (χ1n) is 17.9. The van der Waals surface area contributed by atoms with Gasteiger partial charge in [-0.2, -0.15) is 0 Å². The van der Waals surface area contributed by atoms with E-state index in [-0.39, 0.29) is 0 Å². The summed E-state index contributed by atoms with van der Waals surface area (Å²) < 4.78 is 2.36. The van der Waals surface area contributed by atoms with Gasteiger partial charge >= 0.3 is 0 Å². The zero-order valence-corrected chi connectivity index (χ0v) is 28.6. The molecule has 0 amide bonds. The highest BCUT2D eigenvalue weighted by molar-refractivity contribution is 6.17. The number of aromatic nitrogens is 4. The lowest BCUT2D eigenvalue weighted by Crippen LogP contribution is -2.01. The molecule has 53 heavy (non-hydrogen) atoms. The van der Waals surface area contributed by atoms with E-state index in [0.29, 0.717) is 17.5 Å². The van der Waals surface area contributed by atoms with Crippen LogP contribution in [-0.4, -0.2) is 19.5 Å². The fraction of sp³-hybridized carbons (Fsp3) is 0. The van der Waals surface area contributed by atoms with E-state index < -0.39 is 0 Å². The lowest BCUT2D eigenvalue weighted by Gasteiger charge is -2.12. The quantitative estimate of drug-likeness (QED) is 0.175. The van der Waals surface area contributed by atoms with Gasteiger partial charge in [-0.3, -0.25) is 0 Å². The van der Waals surface area contributed by atoms with Gasteiger partial charge in [0.2, 0.25) is 0 Å². The van der Waals surface area contributed by atoms with E-state index in [1.54, 1.807) is 0 Å². The molecule has 11 rings (SSSR count). The summed E-state index contributed by atoms with van der Waals surface area (Å²) in [5.41, 5.74) is 6.20. The number of hydrogen-bond acceptors (Lipinski definition) is 3. The van der Waals surface area contributed by atoms with Crippen LogP contribution >= 0.6 is 0 Å². The molecule has 246 valence electrons. The fourth-order valence-corrected chi connectivity index (χ4v) is 8.04. The lowest BCUT2D eigenvalue weighted by atomic mass is 9.96. The number of hydrogen-bond donors (Lipinski definition) is 0. The Labute approximate surface area is 305 Å². The molecule has 0 aliphatic rings. The maximum Gasteiger partial charge on any atom is 0.164 e. The summed E-state index contributed by atoms with van der Waals surface area (Å²) in [5, 5.41) is 12.3. The van der Waals surface area contributed by atoms with E-state index >= 15 is 0 Å². The second-order valence-electron chi connectivity index (χ2n) is 13.7. The molecule has 0 radical (unpaired) electrons. The van der Waals surface area contributed by atoms with E-state index in [1.807, 2.05) is 18.2 Å². The highest BCUT2D eigenvalue weighted by Gasteiger charge is 2.17. The largest absolute Gasteiger partial charge is 0.309 e. The van der Waals surface area contributed by atoms with Gasteiger partial charge in [-0.1, -0.05) is 146 Å². The normalized spacial score (nSPS) is 11.8. The highest BCUT2D eigenvalue weighted by atomic mass is 15.0. The minimum Gasteiger partial charge on any atom is -0.309 e. The van der Waals surface area contributed by atoms with E-state index in [0.717, 1.165) is 33.3 Å². The molecule has 0 unspecified atom stereocenters. The lowest BCUT2D eigenvalue weighted by molar-refractivity contribution is 1.07. The molecule has 0 spiro atoms. The van der Waals surface area contributed by atoms with Gasteiger partial charge in [0.05, 0.1) is 11.0 Å². The van der Waals surface area contributed by atoms with E-state index in [2.05, 4.69) is 168 Å². The monoisotopic (exact) mass is 674 g/mol. The van der Waals surface area contributed by atoms with Crippen LogP contribution in [0.1, 0.15) is 0 Å². The summed E-state index contributed by atoms with van der Waals surface area (Å²) >= 11 is 0. The van der Waals surface area contributed by atoms with Gasteiger partial charge in [0.1, 0.15) is 0 Å². The number of benzene rings is 9. The summed E-state index contributed by atoms with van der Waals surface area (Å²) in [4.78, 5) is 15.3. The van der Waals surface area contributed by atoms with Crippen LogP contribution < -0.4 is 0 Å². The Hall–Kier alpha value is -7.17. The molecule has 0 atom stereocenters. The number of rotatable bonds is 4. The molecule has 0 saturated carbocycles. The summed E-state index contributed by atoms with van der Waals surface area (Å²) in [6.45, 7) is 0. The van der Waals surface area contributed by atoms with Crippen LogP contribution in [0, 0.1) is 0 Å². The summed E-state index contributed by atoms with van der Waals surface area (Å²) in [7, 11) is 0. The first-order valence-corrected chi connectivity index (χ1v) is 17.9. The zero-order chi connectivity index (χ0) is 34.9. The van der Waals surface area contributed by atoms with Crippen LogP contribution in [0.25, 0.3) is 105 Å². The summed E-state index contributed by atoms with van der Waals surface area (Å²) in [6, 6.07) is 64.6. The Morgan fingerprint density at radius 1 is 0.283 bits per heavy atom. The topological polar surface area (TPSA) is 43.6 Å². The van der Waals surface area contributed by atoms with Crippen molar-refractivity contribution in [1.82, 2.24) is 19.5 Å². The van der Waals surface area contributed by atoms with Gasteiger partial charge in [-0.05, 0) is 79.5 Å². The van der Waals surface area contributed by atoms with Crippen LogP contribution in [0.15, 0.2) is 182 Å². The molecule has 4 nitrogen and oxygen atoms in total. The second-order valence-corrected chi connectivity index (χ2v) is 13.7. The van der Waals surface area contributed by atoms with Crippen molar-refractivity contribution in [3.63, 3.8) is 0 Å². The van der Waals surface area contributed by atoms with Crippen LogP contribution in [0.4, 0.5) is 0 Å². The molecule has 4 heteroatoms. The minimum atomic E-state index is 0.631. The Morgan fingerprint density at radius 2 is 0.849 bits per heavy atom. The minimum absolute atomic E-state index is 0.631. The molecule has 2 heterocycles. The Balaban J connectivity index is 1.09. The summed E-state index contributed by atoms with van der Waals surface area (Å²) in [5.74, 6) is 1.92. The first kappa shape index (κ1) is 29.5. The van der Waals surface area contributed by atoms with Crippen molar-refractivity contribution in [3.05, 3.63) is 182 Å². The number of nitrogens with zero attached hydrogens (tertiary/aromatic N) is 4. The van der Waals surface area contributed by atoms with Crippen molar-refractivity contribution < 1.29 is 0 Å². The van der Waals surface area contributed by atoms with Gasteiger partial charge in [-0.25, -0.2) is 15.0 Å². The van der Waals surface area contributed by atoms with Gasteiger partial charge < -0.3 is 4.57 Å². The third-order valence-electron chi connectivity index (χ3n) is 10.6. The van der Waals surface area contributed by atoms with Crippen LogP contribution in [0.5, 0.6) is 0 Å². The average molecular weight is 675 g/mol. The zero-order valence-electron chi connectivity index (χ0n) is 28.6. The maximum absolute atomic E-state index is 5.17. The second kappa shape index (κ2) is 11.7.